The molecule has 142 valence electrons. The highest BCUT2D eigenvalue weighted by atomic mass is 16.2. The second-order valence-electron chi connectivity index (χ2n) is 7.31. The Balaban J connectivity index is 1.69. The Bertz CT molecular complexity index is 745. The SMILES string of the molecule is CCCCN1C[C@H](Cc2ccccc2)[C@@H](CC(=O)Nc2ccccc2)C1=O. The molecule has 2 aromatic rings. The number of hydrogen-bond donors (Lipinski definition) is 1. The van der Waals surface area contributed by atoms with Crippen molar-refractivity contribution in [1.29, 1.82) is 0 Å². The van der Waals surface area contributed by atoms with Gasteiger partial charge in [-0.05, 0) is 36.5 Å². The molecule has 1 saturated heterocycles. The fourth-order valence-corrected chi connectivity index (χ4v) is 3.80. The van der Waals surface area contributed by atoms with Gasteiger partial charge in [0.15, 0.2) is 0 Å². The van der Waals surface area contributed by atoms with Crippen LogP contribution in [0.4, 0.5) is 5.69 Å². The van der Waals surface area contributed by atoms with Crippen molar-refractivity contribution in [1.82, 2.24) is 4.90 Å². The molecule has 4 heteroatoms. The van der Waals surface area contributed by atoms with Gasteiger partial charge in [-0.25, -0.2) is 0 Å². The van der Waals surface area contributed by atoms with Gasteiger partial charge in [0.2, 0.25) is 11.8 Å². The first-order valence-corrected chi connectivity index (χ1v) is 9.85. The second-order valence-corrected chi connectivity index (χ2v) is 7.31. The summed E-state index contributed by atoms with van der Waals surface area (Å²) in [5, 5.41) is 2.92. The number of anilines is 1. The zero-order chi connectivity index (χ0) is 19.1. The molecule has 0 saturated carbocycles. The number of likely N-dealkylation sites (tertiary alicyclic amines) is 1. The molecule has 4 nitrogen and oxygen atoms in total. The number of para-hydroxylation sites is 1. The lowest BCUT2D eigenvalue weighted by atomic mass is 9.87. The van der Waals surface area contributed by atoms with Crippen LogP contribution in [0.5, 0.6) is 0 Å². The summed E-state index contributed by atoms with van der Waals surface area (Å²) in [5.74, 6) is -0.0217. The van der Waals surface area contributed by atoms with Crippen LogP contribution in [-0.4, -0.2) is 29.8 Å². The fourth-order valence-electron chi connectivity index (χ4n) is 3.80. The molecule has 1 heterocycles. The maximum absolute atomic E-state index is 12.9. The molecule has 1 fully saturated rings. The zero-order valence-corrected chi connectivity index (χ0v) is 15.9. The average Bonchev–Trinajstić information content (AvgIpc) is 2.96. The first-order chi connectivity index (χ1) is 13.2. The Hall–Kier alpha value is -2.62. The van der Waals surface area contributed by atoms with E-state index in [-0.39, 0.29) is 30.1 Å². The van der Waals surface area contributed by atoms with Gasteiger partial charge in [0.25, 0.3) is 0 Å². The number of rotatable bonds is 8. The predicted molar refractivity (Wildman–Crippen MR) is 108 cm³/mol. The second kappa shape index (κ2) is 9.36. The van der Waals surface area contributed by atoms with Crippen molar-refractivity contribution in [2.45, 2.75) is 32.6 Å². The minimum absolute atomic E-state index is 0.0880. The summed E-state index contributed by atoms with van der Waals surface area (Å²) in [6, 6.07) is 19.7. The molecule has 0 unspecified atom stereocenters. The van der Waals surface area contributed by atoms with E-state index in [1.807, 2.05) is 53.4 Å². The molecule has 3 rings (SSSR count). The van der Waals surface area contributed by atoms with Crippen LogP contribution >= 0.6 is 0 Å². The molecule has 0 radical (unpaired) electrons. The Morgan fingerprint density at radius 2 is 1.74 bits per heavy atom. The Labute approximate surface area is 161 Å². The molecule has 27 heavy (non-hydrogen) atoms. The van der Waals surface area contributed by atoms with Crippen LogP contribution in [-0.2, 0) is 16.0 Å². The van der Waals surface area contributed by atoms with E-state index in [1.165, 1.54) is 5.56 Å². The van der Waals surface area contributed by atoms with E-state index in [1.54, 1.807) is 0 Å². The van der Waals surface area contributed by atoms with Crippen LogP contribution in [0.25, 0.3) is 0 Å². The minimum Gasteiger partial charge on any atom is -0.342 e. The predicted octanol–water partition coefficient (Wildman–Crippen LogP) is 4.13. The molecule has 0 aliphatic carbocycles. The first kappa shape index (κ1) is 19.2. The van der Waals surface area contributed by atoms with E-state index in [9.17, 15) is 9.59 Å². The van der Waals surface area contributed by atoms with E-state index in [0.29, 0.717) is 0 Å². The lowest BCUT2D eigenvalue weighted by molar-refractivity contribution is -0.133. The van der Waals surface area contributed by atoms with Gasteiger partial charge in [0.05, 0.1) is 5.92 Å². The molecule has 0 aromatic heterocycles. The monoisotopic (exact) mass is 364 g/mol. The number of nitrogens with zero attached hydrogens (tertiary/aromatic N) is 1. The number of nitrogens with one attached hydrogen (secondary N) is 1. The first-order valence-electron chi connectivity index (χ1n) is 9.85. The quantitative estimate of drug-likeness (QED) is 0.765. The van der Waals surface area contributed by atoms with E-state index in [2.05, 4.69) is 24.4 Å². The van der Waals surface area contributed by atoms with Gasteiger partial charge in [-0.3, -0.25) is 9.59 Å². The van der Waals surface area contributed by atoms with Gasteiger partial charge < -0.3 is 10.2 Å². The molecule has 1 N–H and O–H groups in total. The van der Waals surface area contributed by atoms with Gasteiger partial charge >= 0.3 is 0 Å². The van der Waals surface area contributed by atoms with E-state index in [4.69, 9.17) is 0 Å². The molecular weight excluding hydrogens is 336 g/mol. The van der Waals surface area contributed by atoms with Crippen LogP contribution in [0.15, 0.2) is 60.7 Å². The highest BCUT2D eigenvalue weighted by molar-refractivity contribution is 5.94. The topological polar surface area (TPSA) is 49.4 Å². The van der Waals surface area contributed by atoms with Crippen molar-refractivity contribution in [3.05, 3.63) is 66.2 Å². The summed E-state index contributed by atoms with van der Waals surface area (Å²) in [7, 11) is 0. The van der Waals surface area contributed by atoms with Crippen LogP contribution in [0, 0.1) is 11.8 Å². The van der Waals surface area contributed by atoms with E-state index >= 15 is 0 Å². The minimum atomic E-state index is -0.245. The number of hydrogen-bond acceptors (Lipinski definition) is 2. The van der Waals surface area contributed by atoms with Gasteiger partial charge in [0, 0.05) is 25.2 Å². The number of carbonyl (C=O) groups is 2. The van der Waals surface area contributed by atoms with Crippen LogP contribution in [0.1, 0.15) is 31.7 Å². The standard InChI is InChI=1S/C23H28N2O2/c1-2-3-14-25-17-19(15-18-10-6-4-7-11-18)21(23(25)27)16-22(26)24-20-12-8-5-9-13-20/h4-13,19,21H,2-3,14-17H2,1H3,(H,24,26)/t19-,21+/m0/s1. The zero-order valence-electron chi connectivity index (χ0n) is 15.9. The summed E-state index contributed by atoms with van der Waals surface area (Å²) < 4.78 is 0. The number of benzene rings is 2. The summed E-state index contributed by atoms with van der Waals surface area (Å²) >= 11 is 0. The maximum Gasteiger partial charge on any atom is 0.226 e. The van der Waals surface area contributed by atoms with Gasteiger partial charge in [0.1, 0.15) is 0 Å². The summed E-state index contributed by atoms with van der Waals surface area (Å²) in [6.07, 6.45) is 3.14. The molecule has 0 spiro atoms. The molecule has 1 aliphatic heterocycles. The van der Waals surface area contributed by atoms with Crippen molar-refractivity contribution in [2.75, 3.05) is 18.4 Å². The lowest BCUT2D eigenvalue weighted by Crippen LogP contribution is -2.30. The van der Waals surface area contributed by atoms with Gasteiger partial charge in [-0.2, -0.15) is 0 Å². The fraction of sp³-hybridized carbons (Fsp3) is 0.391. The van der Waals surface area contributed by atoms with Crippen molar-refractivity contribution in [2.24, 2.45) is 11.8 Å². The highest BCUT2D eigenvalue weighted by Crippen LogP contribution is 2.31. The Morgan fingerprint density at radius 3 is 2.41 bits per heavy atom. The third kappa shape index (κ3) is 5.19. The smallest absolute Gasteiger partial charge is 0.226 e. The number of amides is 2. The van der Waals surface area contributed by atoms with E-state index in [0.717, 1.165) is 38.0 Å². The van der Waals surface area contributed by atoms with Gasteiger partial charge in [-0.15, -0.1) is 0 Å². The van der Waals surface area contributed by atoms with Crippen LogP contribution < -0.4 is 5.32 Å². The number of unbranched alkanes of at least 4 members (excludes halogenated alkanes) is 1. The third-order valence-electron chi connectivity index (χ3n) is 5.24. The van der Waals surface area contributed by atoms with Crippen LogP contribution in [0.2, 0.25) is 0 Å². The average molecular weight is 364 g/mol. The summed E-state index contributed by atoms with van der Waals surface area (Å²) in [6.45, 7) is 3.67. The van der Waals surface area contributed by atoms with Crippen LogP contribution in [0.3, 0.4) is 0 Å². The highest BCUT2D eigenvalue weighted by Gasteiger charge is 2.40. The maximum atomic E-state index is 12.9. The van der Waals surface area contributed by atoms with E-state index < -0.39 is 0 Å². The molecule has 2 aromatic carbocycles. The summed E-state index contributed by atoms with van der Waals surface area (Å²) in [4.78, 5) is 27.5. The number of carbonyl (C=O) groups excluding carboxylic acids is 2. The van der Waals surface area contributed by atoms with Crippen molar-refractivity contribution < 1.29 is 9.59 Å². The summed E-state index contributed by atoms with van der Waals surface area (Å²) in [5.41, 5.74) is 2.00. The van der Waals surface area contributed by atoms with Crippen molar-refractivity contribution in [3.8, 4) is 0 Å². The molecule has 2 atom stereocenters. The van der Waals surface area contributed by atoms with Crippen molar-refractivity contribution >= 4 is 17.5 Å². The van der Waals surface area contributed by atoms with Gasteiger partial charge in [-0.1, -0.05) is 61.9 Å². The Morgan fingerprint density at radius 1 is 1.07 bits per heavy atom. The largest absolute Gasteiger partial charge is 0.342 e. The normalized spacial score (nSPS) is 19.3. The molecular formula is C23H28N2O2. The third-order valence-corrected chi connectivity index (χ3v) is 5.24. The molecule has 1 aliphatic rings. The lowest BCUT2D eigenvalue weighted by Gasteiger charge is -2.16. The Kier molecular flexibility index (Phi) is 6.64. The van der Waals surface area contributed by atoms with Crippen molar-refractivity contribution in [3.63, 3.8) is 0 Å². The molecule has 0 bridgehead atoms. The molecule has 2 amide bonds.